The molecule has 1 aromatic carbocycles. The fraction of sp³-hybridized carbons (Fsp3) is 0. The van der Waals surface area contributed by atoms with Gasteiger partial charge in [0.05, 0.1) is 0 Å². The van der Waals surface area contributed by atoms with Crippen molar-refractivity contribution in [1.29, 1.82) is 0 Å². The maximum absolute atomic E-state index is 10.5. The van der Waals surface area contributed by atoms with Gasteiger partial charge in [0.2, 0.25) is 0 Å². The van der Waals surface area contributed by atoms with Gasteiger partial charge in [0.1, 0.15) is 0 Å². The summed E-state index contributed by atoms with van der Waals surface area (Å²) in [5.74, 6) is 0. The van der Waals surface area contributed by atoms with Crippen LogP contribution in [0.2, 0.25) is 0 Å². The average molecular weight is 276 g/mol. The molecule has 0 atom stereocenters. The minimum Gasteiger partial charge on any atom is -0.423 e. The number of rotatable bonds is 2. The first kappa shape index (κ1) is 9.69. The lowest BCUT2D eigenvalue weighted by Gasteiger charge is -2.03. The van der Waals surface area contributed by atoms with E-state index in [1.165, 1.54) is 6.07 Å². The maximum Gasteiger partial charge on any atom is 0.489 e. The highest BCUT2D eigenvalue weighted by Gasteiger charge is 2.16. The fourth-order valence-electron chi connectivity index (χ4n) is 0.903. The third-order valence-corrected chi connectivity index (χ3v) is 2.42. The second kappa shape index (κ2) is 4.02. The van der Waals surface area contributed by atoms with Gasteiger partial charge in [-0.1, -0.05) is 12.1 Å². The predicted octanol–water partition coefficient (Wildman–Crippen LogP) is -0.217. The molecule has 62 valence electrons. The van der Waals surface area contributed by atoms with Crippen LogP contribution >= 0.6 is 22.6 Å². The van der Waals surface area contributed by atoms with E-state index in [4.69, 9.17) is 10.0 Å². The van der Waals surface area contributed by atoms with E-state index < -0.39 is 7.12 Å². The molecule has 0 spiro atoms. The second-order valence-corrected chi connectivity index (χ2v) is 3.40. The Morgan fingerprint density at radius 3 is 2.50 bits per heavy atom. The summed E-state index contributed by atoms with van der Waals surface area (Å²) in [5, 5.41) is 17.7. The zero-order valence-electron chi connectivity index (χ0n) is 6.07. The molecule has 1 aromatic rings. The lowest BCUT2D eigenvalue weighted by atomic mass is 9.77. The van der Waals surface area contributed by atoms with Crippen molar-refractivity contribution in [2.24, 2.45) is 0 Å². The van der Waals surface area contributed by atoms with Crippen molar-refractivity contribution in [3.8, 4) is 0 Å². The minimum absolute atomic E-state index is 0.247. The number of benzene rings is 1. The van der Waals surface area contributed by atoms with Crippen LogP contribution in [0, 0.1) is 3.57 Å². The first-order valence-corrected chi connectivity index (χ1v) is 4.34. The molecule has 0 aliphatic carbocycles. The highest BCUT2D eigenvalue weighted by molar-refractivity contribution is 14.1. The topological polar surface area (TPSA) is 57.5 Å². The van der Waals surface area contributed by atoms with Gasteiger partial charge in [-0.3, -0.25) is 4.79 Å². The summed E-state index contributed by atoms with van der Waals surface area (Å²) in [5.41, 5.74) is 0.588. The molecule has 1 rings (SSSR count). The fourth-order valence-corrected chi connectivity index (χ4v) is 1.55. The van der Waals surface area contributed by atoms with Crippen molar-refractivity contribution in [2.45, 2.75) is 0 Å². The van der Waals surface area contributed by atoms with Gasteiger partial charge in [0, 0.05) is 9.13 Å². The minimum atomic E-state index is -1.58. The molecule has 0 aromatic heterocycles. The first-order chi connectivity index (χ1) is 5.66. The summed E-state index contributed by atoms with van der Waals surface area (Å²) in [6.45, 7) is 0. The molecule has 0 heterocycles. The number of hydrogen-bond acceptors (Lipinski definition) is 3. The third kappa shape index (κ3) is 1.85. The standard InChI is InChI=1S/C7H6BIO3/c9-7-3-1-2-6(8(11)12)5(7)4-10/h1-4,11-12H. The van der Waals surface area contributed by atoms with Crippen molar-refractivity contribution in [3.05, 3.63) is 27.3 Å². The van der Waals surface area contributed by atoms with Gasteiger partial charge in [0.25, 0.3) is 0 Å². The number of carbonyl (C=O) groups excluding carboxylic acids is 1. The molecular weight excluding hydrogens is 270 g/mol. The van der Waals surface area contributed by atoms with Crippen LogP contribution in [0.3, 0.4) is 0 Å². The Morgan fingerprint density at radius 1 is 1.42 bits per heavy atom. The summed E-state index contributed by atoms with van der Waals surface area (Å²) in [4.78, 5) is 10.5. The van der Waals surface area contributed by atoms with Crippen molar-refractivity contribution >= 4 is 41.5 Å². The van der Waals surface area contributed by atoms with Gasteiger partial charge in [-0.05, 0) is 34.1 Å². The molecule has 5 heteroatoms. The van der Waals surface area contributed by atoms with E-state index in [1.54, 1.807) is 12.1 Å². The van der Waals surface area contributed by atoms with Crippen LogP contribution in [0.4, 0.5) is 0 Å². The van der Waals surface area contributed by atoms with Crippen molar-refractivity contribution in [1.82, 2.24) is 0 Å². The summed E-state index contributed by atoms with van der Waals surface area (Å²) in [6.07, 6.45) is 0.622. The summed E-state index contributed by atoms with van der Waals surface area (Å²) >= 11 is 1.97. The van der Waals surface area contributed by atoms with E-state index in [0.717, 1.165) is 0 Å². The van der Waals surface area contributed by atoms with E-state index >= 15 is 0 Å². The third-order valence-electron chi connectivity index (χ3n) is 1.48. The predicted molar refractivity (Wildman–Crippen MR) is 54.4 cm³/mol. The Kier molecular flexibility index (Phi) is 3.24. The molecule has 0 radical (unpaired) electrons. The molecule has 0 unspecified atom stereocenters. The van der Waals surface area contributed by atoms with Gasteiger partial charge in [-0.25, -0.2) is 0 Å². The van der Waals surface area contributed by atoms with Crippen LogP contribution in [0.15, 0.2) is 18.2 Å². The van der Waals surface area contributed by atoms with Crippen LogP contribution in [-0.2, 0) is 0 Å². The van der Waals surface area contributed by atoms with E-state index in [-0.39, 0.29) is 5.46 Å². The van der Waals surface area contributed by atoms with Gasteiger partial charge in [-0.15, -0.1) is 0 Å². The average Bonchev–Trinajstić information content (AvgIpc) is 2.03. The Hall–Kier alpha value is -0.395. The summed E-state index contributed by atoms with van der Waals surface area (Å²) in [7, 11) is -1.58. The molecule has 0 saturated carbocycles. The second-order valence-electron chi connectivity index (χ2n) is 2.23. The molecule has 2 N–H and O–H groups in total. The largest absolute Gasteiger partial charge is 0.489 e. The van der Waals surface area contributed by atoms with Crippen LogP contribution in [-0.4, -0.2) is 23.5 Å². The molecule has 0 fully saturated rings. The van der Waals surface area contributed by atoms with Gasteiger partial charge < -0.3 is 10.0 Å². The van der Waals surface area contributed by atoms with E-state index in [1.807, 2.05) is 22.6 Å². The first-order valence-electron chi connectivity index (χ1n) is 3.26. The molecule has 0 aliphatic heterocycles. The molecule has 0 aliphatic rings. The summed E-state index contributed by atoms with van der Waals surface area (Å²) < 4.78 is 0.716. The van der Waals surface area contributed by atoms with E-state index in [9.17, 15) is 4.79 Å². The normalized spacial score (nSPS) is 9.58. The van der Waals surface area contributed by atoms with Crippen LogP contribution in [0.5, 0.6) is 0 Å². The monoisotopic (exact) mass is 276 g/mol. The van der Waals surface area contributed by atoms with Gasteiger partial charge in [-0.2, -0.15) is 0 Å². The molecule has 0 bridgehead atoms. The lowest BCUT2D eigenvalue weighted by molar-refractivity contribution is 0.112. The molecule has 0 saturated heterocycles. The molecule has 12 heavy (non-hydrogen) atoms. The number of carbonyl (C=O) groups is 1. The Balaban J connectivity index is 3.27. The van der Waals surface area contributed by atoms with Crippen LogP contribution in [0.1, 0.15) is 10.4 Å². The van der Waals surface area contributed by atoms with Crippen molar-refractivity contribution in [3.63, 3.8) is 0 Å². The Morgan fingerprint density at radius 2 is 2.08 bits per heavy atom. The zero-order valence-corrected chi connectivity index (χ0v) is 8.22. The Bertz CT molecular complexity index is 301. The highest BCUT2D eigenvalue weighted by Crippen LogP contribution is 2.07. The maximum atomic E-state index is 10.5. The van der Waals surface area contributed by atoms with E-state index in [0.29, 0.717) is 15.4 Å². The highest BCUT2D eigenvalue weighted by atomic mass is 127. The smallest absolute Gasteiger partial charge is 0.423 e. The van der Waals surface area contributed by atoms with Crippen LogP contribution in [0.25, 0.3) is 0 Å². The number of hydrogen-bond donors (Lipinski definition) is 2. The SMILES string of the molecule is O=Cc1c(I)cccc1B(O)O. The van der Waals surface area contributed by atoms with Gasteiger partial charge >= 0.3 is 7.12 Å². The van der Waals surface area contributed by atoms with E-state index in [2.05, 4.69) is 0 Å². The molecule has 3 nitrogen and oxygen atoms in total. The van der Waals surface area contributed by atoms with Crippen molar-refractivity contribution < 1.29 is 14.8 Å². The quantitative estimate of drug-likeness (QED) is 0.446. The Labute approximate surface area is 83.7 Å². The van der Waals surface area contributed by atoms with Crippen LogP contribution < -0.4 is 5.46 Å². The molecular formula is C7H6BIO3. The molecule has 0 amide bonds. The number of halogens is 1. The lowest BCUT2D eigenvalue weighted by Crippen LogP contribution is -2.33. The van der Waals surface area contributed by atoms with Crippen molar-refractivity contribution in [2.75, 3.05) is 0 Å². The summed E-state index contributed by atoms with van der Waals surface area (Å²) in [6, 6.07) is 4.91. The van der Waals surface area contributed by atoms with Gasteiger partial charge in [0.15, 0.2) is 6.29 Å². The zero-order chi connectivity index (χ0) is 9.14. The number of aldehydes is 1.